The first-order valence-corrected chi connectivity index (χ1v) is 31.0. The van der Waals surface area contributed by atoms with Gasteiger partial charge in [0.1, 0.15) is 67.1 Å². The van der Waals surface area contributed by atoms with Gasteiger partial charge < -0.3 is 100 Å². The van der Waals surface area contributed by atoms with Gasteiger partial charge in [0.05, 0.1) is 50.7 Å². The number of aliphatic carboxylic acids is 1. The van der Waals surface area contributed by atoms with E-state index in [0.29, 0.717) is 19.3 Å². The largest absolute Gasteiger partial charge is 0.477 e. The third-order valence-corrected chi connectivity index (χ3v) is 16.0. The molecule has 0 aromatic heterocycles. The Kier molecular flexibility index (Phi) is 37.4. The van der Waals surface area contributed by atoms with Gasteiger partial charge in [0, 0.05) is 19.8 Å². The second-order valence-electron chi connectivity index (χ2n) is 22.9. The number of nitrogens with one attached hydrogen (secondary N) is 2. The van der Waals surface area contributed by atoms with E-state index in [0.717, 1.165) is 71.1 Å². The summed E-state index contributed by atoms with van der Waals surface area (Å²) in [5.41, 5.74) is 0. The SMILES string of the molecule is CCCCCCCC/C=C\CCCCCCCC(=O)N[C@@H](CO[C@@H]1O[C@H](CO)[C@@H](O[C@@H]2O[C@H](CO)[C@H](O)[C@H](O[C@]3(C(=O)O)C[C@H](O)[C@@H](NC(C)=O)C([C@H](O)[C@H](O)CO)O3)[C@H]2O)[C@H](O)[C@H]1O)[C@H](O)CCCCCCCCCCCCCCC. The van der Waals surface area contributed by atoms with E-state index in [1.54, 1.807) is 0 Å². The van der Waals surface area contributed by atoms with E-state index in [1.165, 1.54) is 89.9 Å². The highest BCUT2D eigenvalue weighted by Gasteiger charge is 2.60. The Hall–Kier alpha value is -2.53. The van der Waals surface area contributed by atoms with E-state index >= 15 is 0 Å². The molecule has 0 aromatic carbocycles. The summed E-state index contributed by atoms with van der Waals surface area (Å²) in [5, 5.41) is 136. The van der Waals surface area contributed by atoms with Crippen molar-refractivity contribution < 1.29 is 104 Å². The minimum atomic E-state index is -3.08. The third kappa shape index (κ3) is 25.4. The molecule has 23 nitrogen and oxygen atoms in total. The molecule has 480 valence electrons. The van der Waals surface area contributed by atoms with Crippen molar-refractivity contribution in [1.29, 1.82) is 0 Å². The number of unbranched alkanes of at least 4 members (excludes halogenated alkanes) is 23. The Labute approximate surface area is 486 Å². The molecule has 3 saturated heterocycles. The van der Waals surface area contributed by atoms with Crippen LogP contribution in [0, 0.1) is 0 Å². The number of aliphatic hydroxyl groups excluding tert-OH is 11. The number of aliphatic hydroxyl groups is 11. The average Bonchev–Trinajstić information content (AvgIpc) is 3.03. The molecular weight excluding hydrogens is 1070 g/mol. The molecule has 3 fully saturated rings. The molecule has 0 saturated carbocycles. The number of carbonyl (C=O) groups is 3. The molecule has 1 unspecified atom stereocenters. The Balaban J connectivity index is 1.66. The molecule has 82 heavy (non-hydrogen) atoms. The zero-order chi connectivity index (χ0) is 60.5. The first-order valence-electron chi connectivity index (χ1n) is 31.0. The average molecular weight is 1180 g/mol. The summed E-state index contributed by atoms with van der Waals surface area (Å²) < 4.78 is 34.7. The van der Waals surface area contributed by atoms with E-state index in [9.17, 15) is 75.7 Å². The maximum atomic E-state index is 13.4. The van der Waals surface area contributed by atoms with Crippen molar-refractivity contribution in [3.05, 3.63) is 12.2 Å². The maximum absolute atomic E-state index is 13.4. The predicted octanol–water partition coefficient (Wildman–Crippen LogP) is 3.17. The lowest BCUT2D eigenvalue weighted by molar-refractivity contribution is -0.386. The number of hydrogen-bond donors (Lipinski definition) is 14. The van der Waals surface area contributed by atoms with Crippen molar-refractivity contribution in [3.63, 3.8) is 0 Å². The molecule has 14 N–H and O–H groups in total. The third-order valence-electron chi connectivity index (χ3n) is 16.0. The summed E-state index contributed by atoms with van der Waals surface area (Å²) in [6.45, 7) is 2.15. The van der Waals surface area contributed by atoms with Crippen LogP contribution in [0.25, 0.3) is 0 Å². The zero-order valence-electron chi connectivity index (χ0n) is 49.3. The summed E-state index contributed by atoms with van der Waals surface area (Å²) in [5.74, 6) is -6.11. The summed E-state index contributed by atoms with van der Waals surface area (Å²) >= 11 is 0. The van der Waals surface area contributed by atoms with Crippen molar-refractivity contribution in [2.75, 3.05) is 26.4 Å². The number of rotatable bonds is 45. The van der Waals surface area contributed by atoms with E-state index < -0.39 is 148 Å². The number of allylic oxidation sites excluding steroid dienone is 2. The van der Waals surface area contributed by atoms with Crippen molar-refractivity contribution in [2.24, 2.45) is 0 Å². The fourth-order valence-electron chi connectivity index (χ4n) is 10.9. The van der Waals surface area contributed by atoms with Crippen LogP contribution >= 0.6 is 0 Å². The Morgan fingerprint density at radius 2 is 1.13 bits per heavy atom. The number of amides is 2. The van der Waals surface area contributed by atoms with Gasteiger partial charge in [-0.1, -0.05) is 161 Å². The summed E-state index contributed by atoms with van der Waals surface area (Å²) in [4.78, 5) is 38.4. The quantitative estimate of drug-likeness (QED) is 0.0307. The standard InChI is InChI=1S/C59H108N2O21/c1-4-6-8-10-12-14-16-18-19-21-23-25-27-29-31-33-46(69)61-40(41(66)32-30-28-26-24-22-20-17-15-13-11-9-7-5-2)38-77-56-51(73)50(72)53(45(37-64)79-56)80-57-52(74)55(49(71)44(36-63)78-57)82-59(58(75)76)34-42(67)47(60-39(3)65)54(81-59)48(70)43(68)35-62/h18-19,40-45,47-57,62-64,66-68,70-74H,4-17,20-38H2,1-3H3,(H,60,65)(H,61,69)(H,75,76)/b19-18-/t40-,41+,42-,43+,44+,45+,47+,48+,49-,50+,51+,52+,53+,54?,55-,56+,57-,59-/m0/s1. The Morgan fingerprint density at radius 1 is 0.622 bits per heavy atom. The van der Waals surface area contributed by atoms with E-state index in [-0.39, 0.29) is 18.9 Å². The van der Waals surface area contributed by atoms with E-state index in [2.05, 4.69) is 36.6 Å². The maximum Gasteiger partial charge on any atom is 0.364 e. The summed E-state index contributed by atoms with van der Waals surface area (Å²) in [6.07, 6.45) is 5.21. The fraction of sp³-hybridized carbons (Fsp3) is 0.915. The van der Waals surface area contributed by atoms with Gasteiger partial charge >= 0.3 is 5.97 Å². The lowest BCUT2D eigenvalue weighted by Crippen LogP contribution is -2.70. The van der Waals surface area contributed by atoms with Crippen LogP contribution in [-0.2, 0) is 42.8 Å². The van der Waals surface area contributed by atoms with Crippen molar-refractivity contribution >= 4 is 17.8 Å². The topological polar surface area (TPSA) is 373 Å². The number of carboxylic acid groups (broad SMARTS) is 1. The molecule has 3 aliphatic heterocycles. The van der Waals surface area contributed by atoms with Gasteiger partial charge in [-0.15, -0.1) is 0 Å². The first kappa shape index (κ1) is 73.7. The van der Waals surface area contributed by atoms with Gasteiger partial charge in [0.2, 0.25) is 11.8 Å². The Morgan fingerprint density at radius 3 is 1.65 bits per heavy atom. The summed E-state index contributed by atoms with van der Waals surface area (Å²) in [6, 6.07) is -2.53. The monoisotopic (exact) mass is 1180 g/mol. The Bertz CT molecular complexity index is 1740. The number of carboxylic acids is 1. The van der Waals surface area contributed by atoms with Gasteiger partial charge in [0.15, 0.2) is 12.6 Å². The van der Waals surface area contributed by atoms with Crippen molar-refractivity contribution in [2.45, 2.75) is 317 Å². The van der Waals surface area contributed by atoms with Crippen LogP contribution in [0.3, 0.4) is 0 Å². The van der Waals surface area contributed by atoms with E-state index in [4.69, 9.17) is 28.4 Å². The molecule has 3 aliphatic rings. The molecular formula is C59H108N2O21. The fourth-order valence-corrected chi connectivity index (χ4v) is 10.9. The minimum Gasteiger partial charge on any atom is -0.477 e. The normalized spacial score (nSPS) is 30.2. The molecule has 18 atom stereocenters. The van der Waals surface area contributed by atoms with Crippen LogP contribution < -0.4 is 10.6 Å². The van der Waals surface area contributed by atoms with Crippen LogP contribution in [0.5, 0.6) is 0 Å². The summed E-state index contributed by atoms with van der Waals surface area (Å²) in [7, 11) is 0. The molecule has 3 rings (SSSR count). The van der Waals surface area contributed by atoms with Crippen LogP contribution in [0.4, 0.5) is 0 Å². The molecule has 2 amide bonds. The van der Waals surface area contributed by atoms with Gasteiger partial charge in [-0.2, -0.15) is 0 Å². The van der Waals surface area contributed by atoms with Gasteiger partial charge in [-0.05, 0) is 38.5 Å². The van der Waals surface area contributed by atoms with Crippen molar-refractivity contribution in [3.8, 4) is 0 Å². The number of hydrogen-bond acceptors (Lipinski definition) is 20. The molecule has 0 spiro atoms. The first-order chi connectivity index (χ1) is 39.4. The van der Waals surface area contributed by atoms with Crippen LogP contribution in [-0.4, -0.2) is 215 Å². The highest BCUT2D eigenvalue weighted by Crippen LogP contribution is 2.38. The minimum absolute atomic E-state index is 0.214. The van der Waals surface area contributed by atoms with Gasteiger partial charge in [-0.25, -0.2) is 4.79 Å². The highest BCUT2D eigenvalue weighted by atomic mass is 16.8. The predicted molar refractivity (Wildman–Crippen MR) is 301 cm³/mol. The number of ether oxygens (including phenoxy) is 6. The van der Waals surface area contributed by atoms with Gasteiger partial charge in [-0.3, -0.25) is 9.59 Å². The van der Waals surface area contributed by atoms with E-state index in [1.807, 2.05) is 0 Å². The number of carbonyl (C=O) groups excluding carboxylic acids is 2. The second kappa shape index (κ2) is 41.5. The van der Waals surface area contributed by atoms with Crippen LogP contribution in [0.15, 0.2) is 12.2 Å². The molecule has 0 radical (unpaired) electrons. The van der Waals surface area contributed by atoms with Gasteiger partial charge in [0.25, 0.3) is 5.79 Å². The van der Waals surface area contributed by atoms with Crippen LogP contribution in [0.2, 0.25) is 0 Å². The lowest BCUT2D eigenvalue weighted by Gasteiger charge is -2.50. The van der Waals surface area contributed by atoms with Crippen molar-refractivity contribution in [1.82, 2.24) is 10.6 Å². The highest BCUT2D eigenvalue weighted by molar-refractivity contribution is 5.77. The molecule has 0 bridgehead atoms. The molecule has 3 heterocycles. The molecule has 0 aliphatic carbocycles. The molecule has 23 heteroatoms. The molecule has 0 aromatic rings. The smallest absolute Gasteiger partial charge is 0.364 e. The lowest BCUT2D eigenvalue weighted by atomic mass is 9.88. The van der Waals surface area contributed by atoms with Crippen LogP contribution in [0.1, 0.15) is 207 Å². The second-order valence-corrected chi connectivity index (χ2v) is 22.9. The zero-order valence-corrected chi connectivity index (χ0v) is 49.3.